The van der Waals surface area contributed by atoms with Crippen molar-refractivity contribution < 1.29 is 0 Å². The van der Waals surface area contributed by atoms with Gasteiger partial charge < -0.3 is 9.47 Å². The zero-order valence-electron chi connectivity index (χ0n) is 31.8. The maximum atomic E-state index is 2.43. The summed E-state index contributed by atoms with van der Waals surface area (Å²) in [6.45, 7) is 0. The van der Waals surface area contributed by atoms with Gasteiger partial charge in [0.05, 0.1) is 16.7 Å². The van der Waals surface area contributed by atoms with E-state index in [2.05, 4.69) is 240 Å². The van der Waals surface area contributed by atoms with Crippen molar-refractivity contribution in [2.75, 3.05) is 4.90 Å². The summed E-state index contributed by atoms with van der Waals surface area (Å²) in [5, 5.41) is 7.53. The predicted octanol–water partition coefficient (Wildman–Crippen LogP) is 15.6. The summed E-state index contributed by atoms with van der Waals surface area (Å²) >= 11 is 0. The van der Waals surface area contributed by atoms with Crippen LogP contribution in [0, 0.1) is 0 Å². The van der Waals surface area contributed by atoms with Crippen LogP contribution in [0.1, 0.15) is 0 Å². The topological polar surface area (TPSA) is 8.17 Å². The molecule has 0 atom stereocenters. The minimum Gasteiger partial charge on any atom is -0.310 e. The van der Waals surface area contributed by atoms with Crippen LogP contribution in [0.2, 0.25) is 0 Å². The Morgan fingerprint density at radius 1 is 0.310 bits per heavy atom. The molecule has 11 aromatic rings. The zero-order chi connectivity index (χ0) is 38.4. The van der Waals surface area contributed by atoms with E-state index in [-0.39, 0.29) is 0 Å². The molecule has 0 N–H and O–H groups in total. The second-order valence-corrected chi connectivity index (χ2v) is 14.9. The predicted molar refractivity (Wildman–Crippen MR) is 247 cm³/mol. The van der Waals surface area contributed by atoms with Crippen molar-refractivity contribution in [2.45, 2.75) is 0 Å². The van der Waals surface area contributed by atoms with Crippen LogP contribution < -0.4 is 4.90 Å². The summed E-state index contributed by atoms with van der Waals surface area (Å²) in [5.41, 5.74) is 14.0. The summed E-state index contributed by atoms with van der Waals surface area (Å²) in [4.78, 5) is 2.43. The van der Waals surface area contributed by atoms with Gasteiger partial charge in [-0.3, -0.25) is 0 Å². The molecule has 2 nitrogen and oxygen atoms in total. The van der Waals surface area contributed by atoms with Crippen LogP contribution in [0.3, 0.4) is 0 Å². The molecule has 0 radical (unpaired) electrons. The SMILES string of the molecule is c1ccc(-c2ccccc2N(c2ccc(-c3cc4ccccc4c4ccccc34)cc2)c2ccc3c4c(-c5ccccc5)cccc4n(-c4ccccc4)c3c2)cc1. The molecule has 2 heteroatoms. The Morgan fingerprint density at radius 3 is 1.64 bits per heavy atom. The summed E-state index contributed by atoms with van der Waals surface area (Å²) < 4.78 is 2.43. The Bertz CT molecular complexity index is 3250. The first-order chi connectivity index (χ1) is 28.8. The van der Waals surface area contributed by atoms with Gasteiger partial charge >= 0.3 is 0 Å². The number of hydrogen-bond acceptors (Lipinski definition) is 1. The molecule has 11 rings (SSSR count). The fourth-order valence-corrected chi connectivity index (χ4v) is 8.95. The third-order valence-corrected chi connectivity index (χ3v) is 11.6. The lowest BCUT2D eigenvalue weighted by molar-refractivity contribution is 1.18. The lowest BCUT2D eigenvalue weighted by atomic mass is 9.93. The maximum absolute atomic E-state index is 2.43. The molecule has 10 aromatic carbocycles. The van der Waals surface area contributed by atoms with E-state index in [0.29, 0.717) is 0 Å². The minimum absolute atomic E-state index is 1.08. The van der Waals surface area contributed by atoms with Gasteiger partial charge in [-0.15, -0.1) is 0 Å². The van der Waals surface area contributed by atoms with Crippen molar-refractivity contribution in [1.29, 1.82) is 0 Å². The minimum atomic E-state index is 1.08. The zero-order valence-corrected chi connectivity index (χ0v) is 31.8. The molecule has 0 spiro atoms. The second kappa shape index (κ2) is 14.1. The Balaban J connectivity index is 1.14. The van der Waals surface area contributed by atoms with Crippen molar-refractivity contribution in [3.63, 3.8) is 0 Å². The molecule has 0 aliphatic carbocycles. The number of benzene rings is 10. The molecule has 0 bridgehead atoms. The first-order valence-electron chi connectivity index (χ1n) is 19.9. The number of rotatable bonds is 7. The fraction of sp³-hybridized carbons (Fsp3) is 0. The lowest BCUT2D eigenvalue weighted by Gasteiger charge is -2.28. The van der Waals surface area contributed by atoms with Crippen LogP contribution in [0.25, 0.3) is 82.4 Å². The molecule has 0 saturated carbocycles. The molecular formula is C56H38N2. The van der Waals surface area contributed by atoms with E-state index in [0.717, 1.165) is 28.3 Å². The van der Waals surface area contributed by atoms with Gasteiger partial charge in [0.25, 0.3) is 0 Å². The maximum Gasteiger partial charge on any atom is 0.0562 e. The van der Waals surface area contributed by atoms with Crippen LogP contribution in [0.15, 0.2) is 231 Å². The third kappa shape index (κ3) is 5.66. The Morgan fingerprint density at radius 2 is 0.879 bits per heavy atom. The van der Waals surface area contributed by atoms with E-state index in [1.54, 1.807) is 0 Å². The van der Waals surface area contributed by atoms with E-state index in [1.807, 2.05) is 0 Å². The number of fused-ring (bicyclic) bond motifs is 6. The smallest absolute Gasteiger partial charge is 0.0562 e. The van der Waals surface area contributed by atoms with E-state index >= 15 is 0 Å². The highest BCUT2D eigenvalue weighted by Crippen LogP contribution is 2.45. The van der Waals surface area contributed by atoms with Gasteiger partial charge in [-0.05, 0) is 104 Å². The molecule has 1 heterocycles. The Labute approximate surface area is 338 Å². The van der Waals surface area contributed by atoms with Gasteiger partial charge in [0.2, 0.25) is 0 Å². The Hall–Kier alpha value is -7.68. The Kier molecular flexibility index (Phi) is 8.19. The van der Waals surface area contributed by atoms with Crippen molar-refractivity contribution in [1.82, 2.24) is 4.57 Å². The summed E-state index contributed by atoms with van der Waals surface area (Å²) in [6, 6.07) is 83.6. The highest BCUT2D eigenvalue weighted by molar-refractivity contribution is 6.17. The molecule has 0 aliphatic heterocycles. The van der Waals surface area contributed by atoms with Gasteiger partial charge in [-0.1, -0.05) is 176 Å². The fourth-order valence-electron chi connectivity index (χ4n) is 8.95. The molecule has 0 amide bonds. The van der Waals surface area contributed by atoms with Crippen molar-refractivity contribution in [3.05, 3.63) is 231 Å². The number of aromatic nitrogens is 1. The average molecular weight is 739 g/mol. The summed E-state index contributed by atoms with van der Waals surface area (Å²) in [6.07, 6.45) is 0. The number of para-hydroxylation sites is 2. The van der Waals surface area contributed by atoms with Crippen LogP contribution in [0.5, 0.6) is 0 Å². The lowest BCUT2D eigenvalue weighted by Crippen LogP contribution is -2.11. The van der Waals surface area contributed by atoms with E-state index in [1.165, 1.54) is 71.2 Å². The summed E-state index contributed by atoms with van der Waals surface area (Å²) in [7, 11) is 0. The molecule has 0 saturated heterocycles. The van der Waals surface area contributed by atoms with E-state index in [9.17, 15) is 0 Å². The molecule has 1 aromatic heterocycles. The largest absolute Gasteiger partial charge is 0.310 e. The van der Waals surface area contributed by atoms with Crippen LogP contribution >= 0.6 is 0 Å². The van der Waals surface area contributed by atoms with Crippen LogP contribution in [-0.2, 0) is 0 Å². The first kappa shape index (κ1) is 33.6. The van der Waals surface area contributed by atoms with Crippen molar-refractivity contribution in [2.24, 2.45) is 0 Å². The van der Waals surface area contributed by atoms with Crippen molar-refractivity contribution in [3.8, 4) is 39.1 Å². The summed E-state index contributed by atoms with van der Waals surface area (Å²) in [5.74, 6) is 0. The van der Waals surface area contributed by atoms with Crippen LogP contribution in [0.4, 0.5) is 17.1 Å². The van der Waals surface area contributed by atoms with Gasteiger partial charge in [0.1, 0.15) is 0 Å². The molecule has 58 heavy (non-hydrogen) atoms. The van der Waals surface area contributed by atoms with Crippen molar-refractivity contribution >= 4 is 60.4 Å². The normalized spacial score (nSPS) is 11.4. The van der Waals surface area contributed by atoms with E-state index < -0.39 is 0 Å². The monoisotopic (exact) mass is 738 g/mol. The second-order valence-electron chi connectivity index (χ2n) is 14.9. The van der Waals surface area contributed by atoms with E-state index in [4.69, 9.17) is 0 Å². The molecular weight excluding hydrogens is 701 g/mol. The quantitative estimate of drug-likeness (QED) is 0.148. The van der Waals surface area contributed by atoms with Gasteiger partial charge in [-0.25, -0.2) is 0 Å². The molecule has 272 valence electrons. The number of hydrogen-bond donors (Lipinski definition) is 0. The highest BCUT2D eigenvalue weighted by atomic mass is 15.1. The van der Waals surface area contributed by atoms with Gasteiger partial charge in [-0.2, -0.15) is 0 Å². The molecule has 0 fully saturated rings. The third-order valence-electron chi connectivity index (χ3n) is 11.6. The average Bonchev–Trinajstić information content (AvgIpc) is 3.64. The van der Waals surface area contributed by atoms with Crippen LogP contribution in [-0.4, -0.2) is 4.57 Å². The first-order valence-corrected chi connectivity index (χ1v) is 19.9. The molecule has 0 unspecified atom stereocenters. The van der Waals surface area contributed by atoms with Gasteiger partial charge in [0.15, 0.2) is 0 Å². The molecule has 0 aliphatic rings. The number of anilines is 3. The standard InChI is InChI=1S/C56H38N2/c1-4-17-39(18-5-1)47-25-14-15-29-53(47)57(44-33-31-41(32-34-44)52-37-42-21-10-11-24-46(42)49-26-12-13-27-50(49)52)45-35-36-51-55(38-45)58(43-22-8-3-9-23-43)54-30-16-28-48(56(51)54)40-19-6-2-7-20-40/h1-38H. The van der Waals surface area contributed by atoms with Gasteiger partial charge in [0, 0.05) is 33.4 Å². The highest BCUT2D eigenvalue weighted by Gasteiger charge is 2.22. The number of nitrogens with zero attached hydrogens (tertiary/aromatic N) is 2.